The first-order valence-electron chi connectivity index (χ1n) is 7.36. The lowest BCUT2D eigenvalue weighted by Crippen LogP contribution is -2.30. The van der Waals surface area contributed by atoms with Crippen molar-refractivity contribution in [2.45, 2.75) is 51.0 Å². The number of nitrogens with one attached hydrogen (secondary N) is 1. The highest BCUT2D eigenvalue weighted by molar-refractivity contribution is 4.85. The smallest absolute Gasteiger partial charge is 0.00683 e. The van der Waals surface area contributed by atoms with Gasteiger partial charge in [-0.15, -0.1) is 0 Å². The van der Waals surface area contributed by atoms with Gasteiger partial charge in [0.25, 0.3) is 0 Å². The second-order valence-electron chi connectivity index (χ2n) is 6.25. The highest BCUT2D eigenvalue weighted by atomic mass is 15.2. The van der Waals surface area contributed by atoms with Crippen LogP contribution < -0.4 is 5.32 Å². The van der Waals surface area contributed by atoms with E-state index < -0.39 is 0 Å². The lowest BCUT2D eigenvalue weighted by molar-refractivity contribution is 0.269. The van der Waals surface area contributed by atoms with Crippen LogP contribution in [0.25, 0.3) is 0 Å². The van der Waals surface area contributed by atoms with Crippen molar-refractivity contribution in [1.82, 2.24) is 10.2 Å². The molecule has 2 nitrogen and oxygen atoms in total. The summed E-state index contributed by atoms with van der Waals surface area (Å²) in [5.74, 6) is 1.98. The molecule has 2 heteroatoms. The van der Waals surface area contributed by atoms with E-state index >= 15 is 0 Å². The third kappa shape index (κ3) is 2.98. The Bertz CT molecular complexity index is 219. The SMILES string of the molecule is C1CCC(CN2CCC(CNC3CC3)C2)C1. The lowest BCUT2D eigenvalue weighted by Gasteiger charge is -2.20. The number of nitrogens with zero attached hydrogens (tertiary/aromatic N) is 1. The standard InChI is InChI=1S/C14H26N2/c1-2-4-12(3-1)10-16-8-7-13(11-16)9-15-14-5-6-14/h12-15H,1-11H2. The molecular formula is C14H26N2. The predicted octanol–water partition coefficient (Wildman–Crippen LogP) is 2.25. The van der Waals surface area contributed by atoms with Gasteiger partial charge in [-0.2, -0.15) is 0 Å². The molecule has 3 fully saturated rings. The van der Waals surface area contributed by atoms with Crippen LogP contribution in [0.3, 0.4) is 0 Å². The van der Waals surface area contributed by atoms with Crippen molar-refractivity contribution >= 4 is 0 Å². The van der Waals surface area contributed by atoms with E-state index in [1.165, 1.54) is 71.1 Å². The molecule has 0 aromatic carbocycles. The van der Waals surface area contributed by atoms with E-state index in [1.54, 1.807) is 0 Å². The summed E-state index contributed by atoms with van der Waals surface area (Å²) in [6.07, 6.45) is 10.3. The molecule has 2 saturated carbocycles. The fourth-order valence-electron chi connectivity index (χ4n) is 3.42. The van der Waals surface area contributed by atoms with E-state index in [2.05, 4.69) is 10.2 Å². The van der Waals surface area contributed by atoms with Crippen LogP contribution in [0.4, 0.5) is 0 Å². The summed E-state index contributed by atoms with van der Waals surface area (Å²) in [6, 6.07) is 0.892. The Balaban J connectivity index is 1.34. The molecular weight excluding hydrogens is 196 g/mol. The molecule has 1 saturated heterocycles. The molecule has 2 aliphatic carbocycles. The summed E-state index contributed by atoms with van der Waals surface area (Å²) in [7, 11) is 0. The predicted molar refractivity (Wildman–Crippen MR) is 67.5 cm³/mol. The van der Waals surface area contributed by atoms with Gasteiger partial charge in [0.2, 0.25) is 0 Å². The maximum absolute atomic E-state index is 3.69. The van der Waals surface area contributed by atoms with Crippen molar-refractivity contribution in [2.24, 2.45) is 11.8 Å². The molecule has 1 N–H and O–H groups in total. The normalized spacial score (nSPS) is 32.6. The Morgan fingerprint density at radius 1 is 0.938 bits per heavy atom. The molecule has 1 atom stereocenters. The zero-order valence-corrected chi connectivity index (χ0v) is 10.5. The minimum atomic E-state index is 0.892. The summed E-state index contributed by atoms with van der Waals surface area (Å²) in [5.41, 5.74) is 0. The monoisotopic (exact) mass is 222 g/mol. The molecule has 1 heterocycles. The third-order valence-corrected chi connectivity index (χ3v) is 4.63. The number of rotatable bonds is 5. The Hall–Kier alpha value is -0.0800. The molecule has 0 radical (unpaired) electrons. The van der Waals surface area contributed by atoms with Crippen molar-refractivity contribution in [2.75, 3.05) is 26.2 Å². The van der Waals surface area contributed by atoms with E-state index in [9.17, 15) is 0 Å². The van der Waals surface area contributed by atoms with Crippen molar-refractivity contribution in [1.29, 1.82) is 0 Å². The van der Waals surface area contributed by atoms with E-state index in [-0.39, 0.29) is 0 Å². The molecule has 0 amide bonds. The summed E-state index contributed by atoms with van der Waals surface area (Å²) in [4.78, 5) is 2.73. The maximum Gasteiger partial charge on any atom is 0.00683 e. The molecule has 92 valence electrons. The van der Waals surface area contributed by atoms with Gasteiger partial charge in [-0.25, -0.2) is 0 Å². The molecule has 0 aromatic rings. The minimum absolute atomic E-state index is 0.892. The van der Waals surface area contributed by atoms with Crippen molar-refractivity contribution in [3.63, 3.8) is 0 Å². The van der Waals surface area contributed by atoms with Crippen LogP contribution in [0, 0.1) is 11.8 Å². The van der Waals surface area contributed by atoms with Gasteiger partial charge in [0.15, 0.2) is 0 Å². The van der Waals surface area contributed by atoms with Crippen molar-refractivity contribution < 1.29 is 0 Å². The average molecular weight is 222 g/mol. The van der Waals surface area contributed by atoms with Crippen molar-refractivity contribution in [3.05, 3.63) is 0 Å². The van der Waals surface area contributed by atoms with Gasteiger partial charge in [0, 0.05) is 19.1 Å². The van der Waals surface area contributed by atoms with E-state index in [1.807, 2.05) is 0 Å². The van der Waals surface area contributed by atoms with Crippen molar-refractivity contribution in [3.8, 4) is 0 Å². The van der Waals surface area contributed by atoms with Gasteiger partial charge in [-0.05, 0) is 57.0 Å². The molecule has 0 spiro atoms. The van der Waals surface area contributed by atoms with Crippen LogP contribution in [-0.4, -0.2) is 37.1 Å². The van der Waals surface area contributed by atoms with Crippen LogP contribution in [-0.2, 0) is 0 Å². The Morgan fingerprint density at radius 3 is 2.50 bits per heavy atom. The van der Waals surface area contributed by atoms with E-state index in [0.29, 0.717) is 0 Å². The van der Waals surface area contributed by atoms with Crippen LogP contribution in [0.1, 0.15) is 44.9 Å². The molecule has 16 heavy (non-hydrogen) atoms. The summed E-state index contributed by atoms with van der Waals surface area (Å²) in [6.45, 7) is 5.43. The zero-order chi connectivity index (χ0) is 10.8. The van der Waals surface area contributed by atoms with Gasteiger partial charge in [0.1, 0.15) is 0 Å². The first-order valence-corrected chi connectivity index (χ1v) is 7.36. The fraction of sp³-hybridized carbons (Fsp3) is 1.00. The molecule has 0 aromatic heterocycles. The Kier molecular flexibility index (Phi) is 3.49. The van der Waals surface area contributed by atoms with Gasteiger partial charge in [0.05, 0.1) is 0 Å². The topological polar surface area (TPSA) is 15.3 Å². The summed E-state index contributed by atoms with van der Waals surface area (Å²) >= 11 is 0. The number of hydrogen-bond donors (Lipinski definition) is 1. The second kappa shape index (κ2) is 5.05. The maximum atomic E-state index is 3.69. The third-order valence-electron chi connectivity index (χ3n) is 4.63. The summed E-state index contributed by atoms with van der Waals surface area (Å²) < 4.78 is 0. The van der Waals surface area contributed by atoms with E-state index in [4.69, 9.17) is 0 Å². The molecule has 3 rings (SSSR count). The van der Waals surface area contributed by atoms with Gasteiger partial charge in [-0.1, -0.05) is 12.8 Å². The van der Waals surface area contributed by atoms with Crippen LogP contribution >= 0.6 is 0 Å². The quantitative estimate of drug-likeness (QED) is 0.767. The highest BCUT2D eigenvalue weighted by Crippen LogP contribution is 2.28. The van der Waals surface area contributed by atoms with Gasteiger partial charge >= 0.3 is 0 Å². The minimum Gasteiger partial charge on any atom is -0.314 e. The first kappa shape index (κ1) is 11.0. The average Bonchev–Trinajstić information content (AvgIpc) is 2.78. The zero-order valence-electron chi connectivity index (χ0n) is 10.5. The van der Waals surface area contributed by atoms with Crippen LogP contribution in [0.5, 0.6) is 0 Å². The Morgan fingerprint density at radius 2 is 1.75 bits per heavy atom. The molecule has 0 bridgehead atoms. The largest absolute Gasteiger partial charge is 0.314 e. The second-order valence-corrected chi connectivity index (χ2v) is 6.25. The fourth-order valence-corrected chi connectivity index (χ4v) is 3.42. The lowest BCUT2D eigenvalue weighted by atomic mass is 10.1. The molecule has 1 aliphatic heterocycles. The van der Waals surface area contributed by atoms with Crippen LogP contribution in [0.15, 0.2) is 0 Å². The number of likely N-dealkylation sites (tertiary alicyclic amines) is 1. The first-order chi connectivity index (χ1) is 7.90. The van der Waals surface area contributed by atoms with Crippen LogP contribution in [0.2, 0.25) is 0 Å². The van der Waals surface area contributed by atoms with Gasteiger partial charge in [-0.3, -0.25) is 0 Å². The Labute approximate surface area is 99.8 Å². The molecule has 3 aliphatic rings. The van der Waals surface area contributed by atoms with E-state index in [0.717, 1.165) is 17.9 Å². The molecule has 1 unspecified atom stereocenters. The van der Waals surface area contributed by atoms with Gasteiger partial charge < -0.3 is 10.2 Å². The summed E-state index contributed by atoms with van der Waals surface area (Å²) in [5, 5.41) is 3.69. The highest BCUT2D eigenvalue weighted by Gasteiger charge is 2.27. The number of hydrogen-bond acceptors (Lipinski definition) is 2.